The van der Waals surface area contributed by atoms with Crippen molar-refractivity contribution in [1.29, 1.82) is 0 Å². The molecule has 0 aliphatic heterocycles. The van der Waals surface area contributed by atoms with E-state index in [0.29, 0.717) is 0 Å². The van der Waals surface area contributed by atoms with Gasteiger partial charge in [0.05, 0.1) is 0 Å². The van der Waals surface area contributed by atoms with Crippen molar-refractivity contribution in [1.82, 2.24) is 0 Å². The summed E-state index contributed by atoms with van der Waals surface area (Å²) in [5.41, 5.74) is 0. The van der Waals surface area contributed by atoms with Gasteiger partial charge in [-0.3, -0.25) is 0 Å². The summed E-state index contributed by atoms with van der Waals surface area (Å²) in [6.45, 7) is 4.25. The first-order valence-electron chi connectivity index (χ1n) is 3.05. The molecule has 0 heterocycles. The van der Waals surface area contributed by atoms with E-state index in [-0.39, 0.29) is 29.7 Å². The Morgan fingerprint density at radius 2 is 0.846 bits per heavy atom. The van der Waals surface area contributed by atoms with Gasteiger partial charge in [0.25, 0.3) is 0 Å². The smallest absolute Gasteiger partial charge is 0.0351 e. The molecule has 0 radical (unpaired) electrons. The molecule has 0 aliphatic rings. The van der Waals surface area contributed by atoms with Crippen molar-refractivity contribution >= 4 is 11.8 Å². The molecule has 1 nitrogen and oxygen atoms in total. The van der Waals surface area contributed by atoms with Crippen LogP contribution < -0.4 is 0 Å². The van der Waals surface area contributed by atoms with Gasteiger partial charge in [0.15, 0.2) is 0 Å². The highest BCUT2D eigenvalue weighted by Crippen LogP contribution is 1.70. The van der Waals surface area contributed by atoms with Crippen molar-refractivity contribution in [3.05, 3.63) is 0 Å². The van der Waals surface area contributed by atoms with E-state index in [0.717, 1.165) is 0 Å². The third-order valence-corrected chi connectivity index (χ3v) is 0. The number of rotatable bonds is 0. The Morgan fingerprint density at radius 3 is 0.846 bits per heavy atom. The van der Waals surface area contributed by atoms with Gasteiger partial charge in [0.1, 0.15) is 0 Å². The van der Waals surface area contributed by atoms with E-state index < -0.39 is 0 Å². The standard InChI is InChI=1S/C3H8.C2H6O.C2H6S.4CH4/c3*1-3-2;;;;/h3H2,1-2H3;2*1-2H3;4*1H4. The van der Waals surface area contributed by atoms with Crippen LogP contribution >= 0.6 is 11.8 Å². The average Bonchev–Trinajstić information content (AvgIpc) is 1.70. The topological polar surface area (TPSA) is 9.23 Å². The molecule has 0 aliphatic carbocycles. The molecule has 0 saturated carbocycles. The van der Waals surface area contributed by atoms with Gasteiger partial charge in [-0.1, -0.05) is 50.0 Å². The lowest BCUT2D eigenvalue weighted by atomic mass is 10.6. The molecule has 0 N–H and O–H groups in total. The summed E-state index contributed by atoms with van der Waals surface area (Å²) < 4.78 is 4.25. The zero-order valence-corrected chi connectivity index (χ0v) is 8.34. The van der Waals surface area contributed by atoms with E-state index in [1.807, 2.05) is 12.5 Å². The molecule has 0 saturated heterocycles. The van der Waals surface area contributed by atoms with Gasteiger partial charge in [0.2, 0.25) is 0 Å². The predicted molar refractivity (Wildman–Crippen MR) is 75.3 cm³/mol. The van der Waals surface area contributed by atoms with E-state index >= 15 is 0 Å². The minimum Gasteiger partial charge on any atom is -0.388 e. The van der Waals surface area contributed by atoms with Gasteiger partial charge < -0.3 is 4.74 Å². The fourth-order valence-corrected chi connectivity index (χ4v) is 0. The molecule has 0 amide bonds. The molecule has 0 rings (SSSR count). The Kier molecular flexibility index (Phi) is 560. The van der Waals surface area contributed by atoms with Crippen molar-refractivity contribution in [3.63, 3.8) is 0 Å². The summed E-state index contributed by atoms with van der Waals surface area (Å²) in [5, 5.41) is 0. The monoisotopic (exact) mass is 216 g/mol. The molecule has 0 fully saturated rings. The number of ether oxygens (including phenoxy) is 1. The summed E-state index contributed by atoms with van der Waals surface area (Å²) in [7, 11) is 3.25. The second-order valence-corrected chi connectivity index (χ2v) is 2.34. The summed E-state index contributed by atoms with van der Waals surface area (Å²) >= 11 is 1.75. The summed E-state index contributed by atoms with van der Waals surface area (Å²) in [5.74, 6) is 0. The van der Waals surface area contributed by atoms with E-state index in [2.05, 4.69) is 18.6 Å². The summed E-state index contributed by atoms with van der Waals surface area (Å²) in [6.07, 6.45) is 5.33. The minimum atomic E-state index is 0. The Bertz CT molecular complexity index is 14.8. The minimum absolute atomic E-state index is 0. The first-order chi connectivity index (χ1) is 4.24. The van der Waals surface area contributed by atoms with Crippen LogP contribution in [0.25, 0.3) is 0 Å². The molecule has 0 unspecified atom stereocenters. The second-order valence-electron chi connectivity index (χ2n) is 1.52. The van der Waals surface area contributed by atoms with Gasteiger partial charge in [-0.25, -0.2) is 0 Å². The molecule has 0 spiro atoms. The normalized spacial score (nSPS) is 4.15. The summed E-state index contributed by atoms with van der Waals surface area (Å²) in [4.78, 5) is 0. The maximum absolute atomic E-state index is 4.25. The zero-order chi connectivity index (χ0) is 8.12. The van der Waals surface area contributed by atoms with E-state index in [1.54, 1.807) is 26.0 Å². The van der Waals surface area contributed by atoms with Crippen molar-refractivity contribution in [2.75, 3.05) is 26.7 Å². The van der Waals surface area contributed by atoms with Crippen LogP contribution in [0.2, 0.25) is 0 Å². The highest BCUT2D eigenvalue weighted by molar-refractivity contribution is 7.97. The van der Waals surface area contributed by atoms with Crippen molar-refractivity contribution in [3.8, 4) is 0 Å². The number of hydrogen-bond acceptors (Lipinski definition) is 2. The molecule has 92 valence electrons. The lowest BCUT2D eigenvalue weighted by molar-refractivity contribution is 0.277. The molecule has 0 aromatic rings. The molecule has 0 aromatic carbocycles. The van der Waals surface area contributed by atoms with Gasteiger partial charge >= 0.3 is 0 Å². The van der Waals surface area contributed by atoms with Crippen LogP contribution in [0.4, 0.5) is 0 Å². The Labute approximate surface area is 93.7 Å². The highest BCUT2D eigenvalue weighted by Gasteiger charge is 1.35. The van der Waals surface area contributed by atoms with Crippen molar-refractivity contribution in [2.24, 2.45) is 0 Å². The summed E-state index contributed by atoms with van der Waals surface area (Å²) in [6, 6.07) is 0. The largest absolute Gasteiger partial charge is 0.388 e. The van der Waals surface area contributed by atoms with Crippen molar-refractivity contribution < 1.29 is 4.74 Å². The third-order valence-electron chi connectivity index (χ3n) is 0. The Balaban J connectivity index is -0.00000000720. The number of methoxy groups -OCH3 is 1. The predicted octanol–water partition coefficient (Wildman–Crippen LogP) is 5.20. The first kappa shape index (κ1) is 50.7. The van der Waals surface area contributed by atoms with Crippen LogP contribution in [0.15, 0.2) is 0 Å². The Morgan fingerprint density at radius 1 is 0.846 bits per heavy atom. The maximum Gasteiger partial charge on any atom is 0.0351 e. The van der Waals surface area contributed by atoms with Gasteiger partial charge in [-0.2, -0.15) is 11.8 Å². The van der Waals surface area contributed by atoms with Gasteiger partial charge in [-0.15, -0.1) is 0 Å². The van der Waals surface area contributed by atoms with Gasteiger partial charge in [-0.05, 0) is 12.5 Å². The molecule has 13 heavy (non-hydrogen) atoms. The molecular formula is C11H36OS. The van der Waals surface area contributed by atoms with Crippen LogP contribution in [0.1, 0.15) is 50.0 Å². The lowest BCUT2D eigenvalue weighted by Gasteiger charge is -1.61. The van der Waals surface area contributed by atoms with Crippen LogP contribution in [-0.2, 0) is 4.74 Å². The van der Waals surface area contributed by atoms with Crippen LogP contribution in [0.5, 0.6) is 0 Å². The molecule has 0 bridgehead atoms. The second kappa shape index (κ2) is 144. The quantitative estimate of drug-likeness (QED) is 0.550. The Hall–Kier alpha value is 0.310. The molecule has 0 aromatic heterocycles. The fourth-order valence-electron chi connectivity index (χ4n) is 0. The maximum atomic E-state index is 4.25. The first-order valence-corrected chi connectivity index (χ1v) is 4.68. The van der Waals surface area contributed by atoms with E-state index in [9.17, 15) is 0 Å². The van der Waals surface area contributed by atoms with Gasteiger partial charge in [0, 0.05) is 14.2 Å². The third kappa shape index (κ3) is 13600. The highest BCUT2D eigenvalue weighted by atomic mass is 32.2. The molecular weight excluding hydrogens is 180 g/mol. The van der Waals surface area contributed by atoms with E-state index in [4.69, 9.17) is 0 Å². The van der Waals surface area contributed by atoms with Crippen LogP contribution in [-0.4, -0.2) is 26.7 Å². The number of hydrogen-bond donors (Lipinski definition) is 0. The molecule has 0 atom stereocenters. The zero-order valence-electron chi connectivity index (χ0n) is 7.52. The lowest BCUT2D eigenvalue weighted by Crippen LogP contribution is -1.55. The van der Waals surface area contributed by atoms with Crippen LogP contribution in [0, 0.1) is 0 Å². The fraction of sp³-hybridized carbons (Fsp3) is 1.00. The van der Waals surface area contributed by atoms with Crippen LogP contribution in [0.3, 0.4) is 0 Å². The average molecular weight is 216 g/mol. The molecule has 2 heteroatoms. The SMILES string of the molecule is C.C.C.C.CCC.COC.CSC. The van der Waals surface area contributed by atoms with E-state index in [1.165, 1.54) is 6.42 Å². The van der Waals surface area contributed by atoms with Crippen molar-refractivity contribution in [2.45, 2.75) is 50.0 Å². The number of thioether (sulfide) groups is 1.